The Morgan fingerprint density at radius 3 is 2.41 bits per heavy atom. The summed E-state index contributed by atoms with van der Waals surface area (Å²) in [7, 11) is 1.38. The maximum Gasteiger partial charge on any atom is 0.348 e. The molecule has 29 heavy (non-hydrogen) atoms. The van der Waals surface area contributed by atoms with E-state index in [0.29, 0.717) is 12.2 Å². The number of carbonyl (C=O) groups excluding carboxylic acids is 2. The smallest absolute Gasteiger partial charge is 0.348 e. The van der Waals surface area contributed by atoms with Gasteiger partial charge in [-0.25, -0.2) is 4.79 Å². The van der Waals surface area contributed by atoms with E-state index in [-0.39, 0.29) is 17.1 Å². The summed E-state index contributed by atoms with van der Waals surface area (Å²) in [5.74, 6) is -0.635. The summed E-state index contributed by atoms with van der Waals surface area (Å²) < 4.78 is 15.7. The molecule has 0 spiro atoms. The summed E-state index contributed by atoms with van der Waals surface area (Å²) in [6.07, 6.45) is -1.73. The average Bonchev–Trinajstić information content (AvgIpc) is 2.72. The fourth-order valence-electron chi connectivity index (χ4n) is 2.39. The van der Waals surface area contributed by atoms with Gasteiger partial charge in [0, 0.05) is 0 Å². The molecule has 2 aromatic rings. The van der Waals surface area contributed by atoms with Crippen LogP contribution < -0.4 is 14.8 Å². The van der Waals surface area contributed by atoms with Crippen molar-refractivity contribution in [3.05, 3.63) is 58.6 Å². The maximum atomic E-state index is 12.4. The minimum atomic E-state index is -1.18. The number of anilines is 1. The first kappa shape index (κ1) is 21.7. The van der Waals surface area contributed by atoms with E-state index in [1.54, 1.807) is 31.2 Å². The lowest BCUT2D eigenvalue weighted by Crippen LogP contribution is -2.36. The largest absolute Gasteiger partial charge is 0.496 e. The molecule has 0 radical (unpaired) electrons. The number of carbonyl (C=O) groups is 2. The van der Waals surface area contributed by atoms with Crippen molar-refractivity contribution < 1.29 is 28.7 Å². The van der Waals surface area contributed by atoms with E-state index in [2.05, 4.69) is 5.32 Å². The summed E-state index contributed by atoms with van der Waals surface area (Å²) in [6, 6.07) is 12.8. The molecule has 0 bridgehead atoms. The van der Waals surface area contributed by atoms with Gasteiger partial charge in [0.25, 0.3) is 11.6 Å². The Hall–Kier alpha value is -3.62. The van der Waals surface area contributed by atoms with Gasteiger partial charge in [0.2, 0.25) is 0 Å². The first-order valence-electron chi connectivity index (χ1n) is 8.91. The van der Waals surface area contributed by atoms with Crippen LogP contribution in [0.4, 0.5) is 11.4 Å². The summed E-state index contributed by atoms with van der Waals surface area (Å²) in [4.78, 5) is 35.3. The van der Waals surface area contributed by atoms with E-state index >= 15 is 0 Å². The van der Waals surface area contributed by atoms with Crippen LogP contribution in [0.5, 0.6) is 11.5 Å². The molecule has 2 rings (SSSR count). The van der Waals surface area contributed by atoms with Crippen LogP contribution in [0.2, 0.25) is 0 Å². The highest BCUT2D eigenvalue weighted by atomic mass is 16.6. The Kier molecular flexibility index (Phi) is 7.53. The normalized spacial score (nSPS) is 12.4. The predicted molar refractivity (Wildman–Crippen MR) is 105 cm³/mol. The first-order valence-corrected chi connectivity index (χ1v) is 8.91. The monoisotopic (exact) mass is 402 g/mol. The van der Waals surface area contributed by atoms with Crippen molar-refractivity contribution in [2.45, 2.75) is 32.5 Å². The Labute approximate surface area is 167 Å². The van der Waals surface area contributed by atoms with Crippen molar-refractivity contribution in [1.82, 2.24) is 0 Å². The number of hydrogen-bond donors (Lipinski definition) is 1. The highest BCUT2D eigenvalue weighted by Crippen LogP contribution is 2.29. The summed E-state index contributed by atoms with van der Waals surface area (Å²) >= 11 is 0. The molecular formula is C20H22N2O7. The van der Waals surface area contributed by atoms with Crippen LogP contribution >= 0.6 is 0 Å². The van der Waals surface area contributed by atoms with Gasteiger partial charge in [0.05, 0.1) is 18.1 Å². The van der Waals surface area contributed by atoms with E-state index in [1.165, 1.54) is 32.2 Å². The van der Waals surface area contributed by atoms with Crippen molar-refractivity contribution in [2.24, 2.45) is 0 Å². The van der Waals surface area contributed by atoms with E-state index in [9.17, 15) is 19.7 Å². The van der Waals surface area contributed by atoms with Crippen molar-refractivity contribution >= 4 is 23.3 Å². The number of hydrogen-bond acceptors (Lipinski definition) is 7. The molecule has 2 aromatic carbocycles. The van der Waals surface area contributed by atoms with Gasteiger partial charge in [0.15, 0.2) is 12.2 Å². The first-order chi connectivity index (χ1) is 13.8. The molecule has 2 atom stereocenters. The number of nitrogens with zero attached hydrogens (tertiary/aromatic N) is 1. The molecule has 0 fully saturated rings. The lowest BCUT2D eigenvalue weighted by Gasteiger charge is -2.19. The summed E-state index contributed by atoms with van der Waals surface area (Å²) in [5.41, 5.74) is -0.369. The Morgan fingerprint density at radius 2 is 1.83 bits per heavy atom. The maximum absolute atomic E-state index is 12.4. The molecular weight excluding hydrogens is 380 g/mol. The standard InChI is InChI=1S/C20H22N2O7/c1-4-18(29-14-8-6-5-7-9-14)20(24)28-13(2)19(23)21-16-11-10-15(27-3)12-17(16)22(25)26/h5-13,18H,4H2,1-3H3,(H,21,23)/t13-,18-/m1/s1. The third-order valence-electron chi connectivity index (χ3n) is 3.98. The summed E-state index contributed by atoms with van der Waals surface area (Å²) in [6.45, 7) is 3.12. The summed E-state index contributed by atoms with van der Waals surface area (Å²) in [5, 5.41) is 13.6. The van der Waals surface area contributed by atoms with Crippen LogP contribution in [0, 0.1) is 10.1 Å². The average molecular weight is 402 g/mol. The minimum Gasteiger partial charge on any atom is -0.496 e. The number of nitro benzene ring substituents is 1. The topological polar surface area (TPSA) is 117 Å². The SMILES string of the molecule is CC[C@@H](Oc1ccccc1)C(=O)O[C@H](C)C(=O)Nc1ccc(OC)cc1[N+](=O)[O-]. The second kappa shape index (κ2) is 10.1. The third-order valence-corrected chi connectivity index (χ3v) is 3.98. The zero-order valence-electron chi connectivity index (χ0n) is 16.3. The third kappa shape index (κ3) is 5.93. The van der Waals surface area contributed by atoms with E-state index in [0.717, 1.165) is 0 Å². The predicted octanol–water partition coefficient (Wildman–Crippen LogP) is 3.33. The quantitative estimate of drug-likeness (QED) is 0.388. The van der Waals surface area contributed by atoms with E-state index in [4.69, 9.17) is 14.2 Å². The molecule has 0 unspecified atom stereocenters. The van der Waals surface area contributed by atoms with Crippen LogP contribution in [0.25, 0.3) is 0 Å². The number of esters is 1. The molecule has 1 amide bonds. The van der Waals surface area contributed by atoms with Gasteiger partial charge in [-0.15, -0.1) is 0 Å². The molecule has 154 valence electrons. The minimum absolute atomic E-state index is 0.0312. The van der Waals surface area contributed by atoms with Gasteiger partial charge in [-0.3, -0.25) is 14.9 Å². The van der Waals surface area contributed by atoms with Crippen LogP contribution in [0.15, 0.2) is 48.5 Å². The van der Waals surface area contributed by atoms with Crippen molar-refractivity contribution in [3.63, 3.8) is 0 Å². The molecule has 0 aliphatic rings. The Balaban J connectivity index is 2.02. The molecule has 1 N–H and O–H groups in total. The fourth-order valence-corrected chi connectivity index (χ4v) is 2.39. The van der Waals surface area contributed by atoms with Crippen LogP contribution in [0.1, 0.15) is 20.3 Å². The number of methoxy groups -OCH3 is 1. The van der Waals surface area contributed by atoms with Crippen molar-refractivity contribution in [2.75, 3.05) is 12.4 Å². The molecule has 0 aromatic heterocycles. The lowest BCUT2D eigenvalue weighted by atomic mass is 10.2. The zero-order chi connectivity index (χ0) is 21.4. The molecule has 9 nitrogen and oxygen atoms in total. The second-order valence-electron chi connectivity index (χ2n) is 6.04. The van der Waals surface area contributed by atoms with Gasteiger partial charge in [-0.05, 0) is 37.6 Å². The molecule has 0 saturated carbocycles. The molecule has 0 heterocycles. The fraction of sp³-hybridized carbons (Fsp3) is 0.300. The lowest BCUT2D eigenvalue weighted by molar-refractivity contribution is -0.384. The number of amides is 1. The highest BCUT2D eigenvalue weighted by molar-refractivity contribution is 5.97. The van der Waals surface area contributed by atoms with Crippen molar-refractivity contribution in [3.8, 4) is 11.5 Å². The molecule has 0 saturated heterocycles. The van der Waals surface area contributed by atoms with Gasteiger partial charge < -0.3 is 19.5 Å². The number of nitro groups is 1. The van der Waals surface area contributed by atoms with E-state index < -0.39 is 29.0 Å². The Bertz CT molecular complexity index is 870. The number of para-hydroxylation sites is 1. The Morgan fingerprint density at radius 1 is 1.14 bits per heavy atom. The molecule has 0 aliphatic heterocycles. The molecule has 0 aliphatic carbocycles. The van der Waals surface area contributed by atoms with Crippen LogP contribution in [-0.2, 0) is 14.3 Å². The zero-order valence-corrected chi connectivity index (χ0v) is 16.3. The number of benzene rings is 2. The van der Waals surface area contributed by atoms with E-state index in [1.807, 2.05) is 6.07 Å². The number of rotatable bonds is 9. The molecule has 9 heteroatoms. The van der Waals surface area contributed by atoms with Gasteiger partial charge in [0.1, 0.15) is 17.2 Å². The second-order valence-corrected chi connectivity index (χ2v) is 6.04. The number of ether oxygens (including phenoxy) is 3. The van der Waals surface area contributed by atoms with Gasteiger partial charge in [-0.1, -0.05) is 25.1 Å². The van der Waals surface area contributed by atoms with Crippen molar-refractivity contribution in [1.29, 1.82) is 0 Å². The van der Waals surface area contributed by atoms with Crippen LogP contribution in [-0.4, -0.2) is 36.1 Å². The van der Waals surface area contributed by atoms with Crippen LogP contribution in [0.3, 0.4) is 0 Å². The van der Waals surface area contributed by atoms with Gasteiger partial charge >= 0.3 is 5.97 Å². The highest BCUT2D eigenvalue weighted by Gasteiger charge is 2.27. The van der Waals surface area contributed by atoms with Gasteiger partial charge in [-0.2, -0.15) is 0 Å². The number of nitrogens with one attached hydrogen (secondary N) is 1.